The Kier molecular flexibility index (Phi) is 5.61. The summed E-state index contributed by atoms with van der Waals surface area (Å²) in [5.74, 6) is 1.07. The summed E-state index contributed by atoms with van der Waals surface area (Å²) in [6.07, 6.45) is 6.64. The second-order valence-corrected chi connectivity index (χ2v) is 7.38. The molecule has 0 aliphatic heterocycles. The maximum Gasteiger partial charge on any atom is 0.170 e. The van der Waals surface area contributed by atoms with Crippen molar-refractivity contribution in [2.45, 2.75) is 6.42 Å². The lowest BCUT2D eigenvalue weighted by Crippen LogP contribution is -1.95. The molecule has 3 heterocycles. The number of anilines is 1. The number of halogens is 1. The van der Waals surface area contributed by atoms with E-state index in [1.807, 2.05) is 24.3 Å². The SMILES string of the molecule is COc1ccccc1N=Cc1cn(-c2ccc(-c3cc(Cc4conc4N)on3)cc2F)cn1. The average Bonchev–Trinajstić information content (AvgIpc) is 3.60. The molecule has 0 bridgehead atoms. The third-order valence-corrected chi connectivity index (χ3v) is 5.14. The van der Waals surface area contributed by atoms with Gasteiger partial charge in [0.25, 0.3) is 0 Å². The van der Waals surface area contributed by atoms with E-state index in [9.17, 15) is 4.39 Å². The molecule has 0 aliphatic rings. The summed E-state index contributed by atoms with van der Waals surface area (Å²) in [4.78, 5) is 8.70. The van der Waals surface area contributed by atoms with Gasteiger partial charge in [-0.1, -0.05) is 28.5 Å². The highest BCUT2D eigenvalue weighted by Crippen LogP contribution is 2.27. The minimum Gasteiger partial charge on any atom is -0.494 e. The number of hydrogen-bond acceptors (Lipinski definition) is 8. The molecule has 34 heavy (non-hydrogen) atoms. The predicted molar refractivity (Wildman–Crippen MR) is 123 cm³/mol. The van der Waals surface area contributed by atoms with Crippen molar-refractivity contribution in [2.75, 3.05) is 12.8 Å². The highest BCUT2D eigenvalue weighted by Gasteiger charge is 2.14. The van der Waals surface area contributed by atoms with Crippen LogP contribution in [0.5, 0.6) is 5.75 Å². The molecule has 0 fully saturated rings. The summed E-state index contributed by atoms with van der Waals surface area (Å²) >= 11 is 0. The number of nitrogen functional groups attached to an aromatic ring is 1. The van der Waals surface area contributed by atoms with Gasteiger partial charge in [0.1, 0.15) is 41.3 Å². The largest absolute Gasteiger partial charge is 0.494 e. The molecule has 2 aromatic carbocycles. The highest BCUT2D eigenvalue weighted by atomic mass is 19.1. The van der Waals surface area contributed by atoms with Crippen molar-refractivity contribution in [3.63, 3.8) is 0 Å². The van der Waals surface area contributed by atoms with Crippen LogP contribution in [0.3, 0.4) is 0 Å². The van der Waals surface area contributed by atoms with Gasteiger partial charge in [0, 0.05) is 29.8 Å². The first-order valence-electron chi connectivity index (χ1n) is 10.3. The van der Waals surface area contributed by atoms with Crippen LogP contribution in [0.15, 0.2) is 81.4 Å². The van der Waals surface area contributed by atoms with Crippen LogP contribution in [0.4, 0.5) is 15.9 Å². The second-order valence-electron chi connectivity index (χ2n) is 7.38. The molecule has 0 saturated carbocycles. The van der Waals surface area contributed by atoms with Gasteiger partial charge >= 0.3 is 0 Å². The van der Waals surface area contributed by atoms with Gasteiger partial charge in [-0.15, -0.1) is 0 Å². The number of rotatable bonds is 7. The molecule has 0 aliphatic carbocycles. The molecule has 0 atom stereocenters. The number of benzene rings is 2. The third-order valence-electron chi connectivity index (χ3n) is 5.14. The monoisotopic (exact) mass is 458 g/mol. The molecule has 0 spiro atoms. The Bertz CT molecular complexity index is 1470. The van der Waals surface area contributed by atoms with E-state index in [4.69, 9.17) is 19.5 Å². The summed E-state index contributed by atoms with van der Waals surface area (Å²) in [7, 11) is 1.59. The number of nitrogens with zero attached hydrogens (tertiary/aromatic N) is 5. The van der Waals surface area contributed by atoms with Gasteiger partial charge in [0.2, 0.25) is 0 Å². The fourth-order valence-electron chi connectivity index (χ4n) is 3.40. The first-order valence-corrected chi connectivity index (χ1v) is 10.3. The molecular formula is C24H19FN6O3. The minimum absolute atomic E-state index is 0.293. The summed E-state index contributed by atoms with van der Waals surface area (Å²) < 4.78 is 32.0. The van der Waals surface area contributed by atoms with Gasteiger partial charge in [-0.3, -0.25) is 4.99 Å². The maximum absolute atomic E-state index is 15.0. The molecule has 0 saturated heterocycles. The second kappa shape index (κ2) is 9.02. The van der Waals surface area contributed by atoms with E-state index in [0.29, 0.717) is 57.6 Å². The minimum atomic E-state index is -0.434. The number of para-hydroxylation sites is 2. The number of imidazole rings is 1. The van der Waals surface area contributed by atoms with Crippen molar-refractivity contribution >= 4 is 17.7 Å². The number of aliphatic imine (C=N–C) groups is 1. The first-order chi connectivity index (χ1) is 16.6. The molecule has 170 valence electrons. The Hall–Kier alpha value is -4.73. The topological polar surface area (TPSA) is 117 Å². The summed E-state index contributed by atoms with van der Waals surface area (Å²) in [6, 6.07) is 13.9. The molecule has 5 rings (SSSR count). The lowest BCUT2D eigenvalue weighted by atomic mass is 10.1. The van der Waals surface area contributed by atoms with E-state index in [1.165, 1.54) is 18.7 Å². The molecule has 0 amide bonds. The van der Waals surface area contributed by atoms with Crippen molar-refractivity contribution in [3.8, 4) is 22.7 Å². The van der Waals surface area contributed by atoms with E-state index in [1.54, 1.807) is 42.3 Å². The van der Waals surface area contributed by atoms with E-state index in [2.05, 4.69) is 20.3 Å². The van der Waals surface area contributed by atoms with Crippen LogP contribution in [0.2, 0.25) is 0 Å². The zero-order valence-corrected chi connectivity index (χ0v) is 18.1. The van der Waals surface area contributed by atoms with Crippen LogP contribution in [0, 0.1) is 5.82 Å². The van der Waals surface area contributed by atoms with Gasteiger partial charge in [0.15, 0.2) is 5.82 Å². The Labute approximate surface area is 193 Å². The Morgan fingerprint density at radius 2 is 2.06 bits per heavy atom. The van der Waals surface area contributed by atoms with Gasteiger partial charge in [-0.2, -0.15) is 0 Å². The van der Waals surface area contributed by atoms with Gasteiger partial charge in [-0.25, -0.2) is 9.37 Å². The van der Waals surface area contributed by atoms with Crippen LogP contribution in [-0.2, 0) is 6.42 Å². The molecular weight excluding hydrogens is 439 g/mol. The number of hydrogen-bond donors (Lipinski definition) is 1. The third kappa shape index (κ3) is 4.29. The molecule has 3 aromatic heterocycles. The maximum atomic E-state index is 15.0. The van der Waals surface area contributed by atoms with Crippen LogP contribution in [0.25, 0.3) is 16.9 Å². The van der Waals surface area contributed by atoms with E-state index < -0.39 is 5.82 Å². The normalized spacial score (nSPS) is 11.4. The number of methoxy groups -OCH3 is 1. The lowest BCUT2D eigenvalue weighted by molar-refractivity contribution is 0.390. The molecule has 2 N–H and O–H groups in total. The zero-order chi connectivity index (χ0) is 23.5. The van der Waals surface area contributed by atoms with Crippen LogP contribution in [-0.4, -0.2) is 33.2 Å². The molecule has 10 heteroatoms. The molecule has 5 aromatic rings. The quantitative estimate of drug-likeness (QED) is 0.355. The molecule has 0 radical (unpaired) electrons. The zero-order valence-electron chi connectivity index (χ0n) is 18.1. The number of aromatic nitrogens is 4. The van der Waals surface area contributed by atoms with Gasteiger partial charge in [-0.05, 0) is 24.3 Å². The van der Waals surface area contributed by atoms with Crippen molar-refractivity contribution in [3.05, 3.63) is 90.2 Å². The van der Waals surface area contributed by atoms with Crippen LogP contribution >= 0.6 is 0 Å². The van der Waals surface area contributed by atoms with Crippen LogP contribution in [0.1, 0.15) is 17.0 Å². The summed E-state index contributed by atoms with van der Waals surface area (Å²) in [6.45, 7) is 0. The van der Waals surface area contributed by atoms with Crippen molar-refractivity contribution in [2.24, 2.45) is 4.99 Å². The Balaban J connectivity index is 1.33. The highest BCUT2D eigenvalue weighted by molar-refractivity contribution is 5.80. The van der Waals surface area contributed by atoms with E-state index >= 15 is 0 Å². The van der Waals surface area contributed by atoms with Crippen molar-refractivity contribution in [1.82, 2.24) is 19.9 Å². The molecule has 9 nitrogen and oxygen atoms in total. The fraction of sp³-hybridized carbons (Fsp3) is 0.0833. The van der Waals surface area contributed by atoms with Gasteiger partial charge < -0.3 is 24.1 Å². The van der Waals surface area contributed by atoms with E-state index in [0.717, 1.165) is 0 Å². The average molecular weight is 458 g/mol. The first kappa shape index (κ1) is 21.1. The number of nitrogens with two attached hydrogens (primary N) is 1. The number of ether oxygens (including phenoxy) is 1. The fourth-order valence-corrected chi connectivity index (χ4v) is 3.40. The standard InChI is InChI=1S/C24H19FN6O3/c1-32-23-5-3-2-4-20(23)27-11-17-12-31(14-28-17)22-7-6-15(9-19(22)25)21-10-18(34-29-21)8-16-13-33-30-24(16)26/h2-7,9-14H,8H2,1H3,(H2,26,30). The van der Waals surface area contributed by atoms with Crippen molar-refractivity contribution in [1.29, 1.82) is 0 Å². The lowest BCUT2D eigenvalue weighted by Gasteiger charge is -2.05. The molecule has 0 unspecified atom stereocenters. The van der Waals surface area contributed by atoms with Crippen molar-refractivity contribution < 1.29 is 18.2 Å². The Morgan fingerprint density at radius 1 is 1.18 bits per heavy atom. The predicted octanol–water partition coefficient (Wildman–Crippen LogP) is 4.59. The van der Waals surface area contributed by atoms with Crippen LogP contribution < -0.4 is 10.5 Å². The Morgan fingerprint density at radius 3 is 2.85 bits per heavy atom. The summed E-state index contributed by atoms with van der Waals surface area (Å²) in [5, 5.41) is 7.67. The smallest absolute Gasteiger partial charge is 0.170 e. The van der Waals surface area contributed by atoms with E-state index in [-0.39, 0.29) is 0 Å². The van der Waals surface area contributed by atoms with Gasteiger partial charge in [0.05, 0.1) is 24.7 Å². The summed E-state index contributed by atoms with van der Waals surface area (Å²) in [5.41, 5.74) is 9.08.